The first-order valence-corrected chi connectivity index (χ1v) is 8.65. The smallest absolute Gasteiger partial charge is 0.355 e. The maximum Gasteiger partial charge on any atom is 0.433 e. The number of carbonyl (C=O) groups excluding carboxylic acids is 2. The van der Waals surface area contributed by atoms with Crippen LogP contribution in [-0.2, 0) is 11.7 Å². The van der Waals surface area contributed by atoms with Crippen molar-refractivity contribution < 1.29 is 22.8 Å². The van der Waals surface area contributed by atoms with Gasteiger partial charge in [-0.05, 0) is 45.4 Å². The fourth-order valence-electron chi connectivity index (χ4n) is 2.61. The van der Waals surface area contributed by atoms with Gasteiger partial charge in [0.2, 0.25) is 0 Å². The third-order valence-corrected chi connectivity index (χ3v) is 4.10. The van der Waals surface area contributed by atoms with Gasteiger partial charge in [-0.15, -0.1) is 0 Å². The lowest BCUT2D eigenvalue weighted by Gasteiger charge is -2.23. The number of alkyl halides is 3. The third kappa shape index (κ3) is 4.46. The van der Waals surface area contributed by atoms with Crippen LogP contribution in [0.2, 0.25) is 5.02 Å². The molecular formula is C18H20ClF3N4O2. The molecule has 0 radical (unpaired) electrons. The highest BCUT2D eigenvalue weighted by molar-refractivity contribution is 6.31. The lowest BCUT2D eigenvalue weighted by Crippen LogP contribution is -2.29. The fourth-order valence-corrected chi connectivity index (χ4v) is 2.88. The first-order valence-electron chi connectivity index (χ1n) is 8.27. The second-order valence-corrected chi connectivity index (χ2v) is 7.61. The Hall–Kier alpha value is -2.55. The molecule has 152 valence electrons. The van der Waals surface area contributed by atoms with Crippen LogP contribution in [0.3, 0.4) is 0 Å². The zero-order chi connectivity index (χ0) is 21.4. The monoisotopic (exact) mass is 416 g/mol. The first-order chi connectivity index (χ1) is 12.8. The summed E-state index contributed by atoms with van der Waals surface area (Å²) >= 11 is 5.97. The Bertz CT molecular complexity index is 899. The van der Waals surface area contributed by atoms with Gasteiger partial charge >= 0.3 is 6.18 Å². The second-order valence-electron chi connectivity index (χ2n) is 7.17. The van der Waals surface area contributed by atoms with Crippen molar-refractivity contribution in [3.05, 3.63) is 45.7 Å². The third-order valence-electron chi connectivity index (χ3n) is 3.88. The summed E-state index contributed by atoms with van der Waals surface area (Å²) in [7, 11) is 1.41. The van der Waals surface area contributed by atoms with Gasteiger partial charge in [-0.25, -0.2) is 0 Å². The van der Waals surface area contributed by atoms with E-state index in [1.54, 1.807) is 27.7 Å². The van der Waals surface area contributed by atoms with Crippen LogP contribution in [0.15, 0.2) is 18.2 Å². The molecule has 2 aromatic rings. The average Bonchev–Trinajstić information content (AvgIpc) is 3.02. The molecule has 2 rings (SSSR count). The summed E-state index contributed by atoms with van der Waals surface area (Å²) < 4.78 is 40.8. The van der Waals surface area contributed by atoms with E-state index in [0.29, 0.717) is 11.6 Å². The average molecular weight is 417 g/mol. The van der Waals surface area contributed by atoms with E-state index in [2.05, 4.69) is 15.7 Å². The van der Waals surface area contributed by atoms with Crippen molar-refractivity contribution in [1.82, 2.24) is 15.1 Å². The quantitative estimate of drug-likeness (QED) is 0.786. The molecule has 6 nitrogen and oxygen atoms in total. The van der Waals surface area contributed by atoms with Crippen molar-refractivity contribution in [2.45, 2.75) is 39.4 Å². The zero-order valence-electron chi connectivity index (χ0n) is 16.0. The fraction of sp³-hybridized carbons (Fsp3) is 0.389. The van der Waals surface area contributed by atoms with Crippen molar-refractivity contribution in [1.29, 1.82) is 0 Å². The molecule has 10 heteroatoms. The number of rotatable bonds is 3. The van der Waals surface area contributed by atoms with Gasteiger partial charge in [-0.3, -0.25) is 14.3 Å². The molecule has 0 aliphatic heterocycles. The minimum atomic E-state index is -4.68. The van der Waals surface area contributed by atoms with E-state index in [1.165, 1.54) is 19.2 Å². The van der Waals surface area contributed by atoms with Crippen LogP contribution in [0.1, 0.15) is 52.9 Å². The van der Waals surface area contributed by atoms with Gasteiger partial charge in [0.05, 0.1) is 16.8 Å². The van der Waals surface area contributed by atoms with Crippen LogP contribution in [0, 0.1) is 6.92 Å². The number of carbonyl (C=O) groups is 2. The molecule has 2 amide bonds. The van der Waals surface area contributed by atoms with E-state index >= 15 is 0 Å². The Morgan fingerprint density at radius 3 is 2.18 bits per heavy atom. The summed E-state index contributed by atoms with van der Waals surface area (Å²) in [5.41, 5.74) is -1.73. The van der Waals surface area contributed by atoms with E-state index in [-0.39, 0.29) is 16.3 Å². The SMILES string of the molecule is CNC(=O)c1cc(Cl)cc(C)c1NC(=O)c1cc(C(F)(F)F)n(C(C)(C)C)n1. The lowest BCUT2D eigenvalue weighted by molar-refractivity contribution is -0.146. The Kier molecular flexibility index (Phi) is 5.79. The molecule has 2 N–H and O–H groups in total. The summed E-state index contributed by atoms with van der Waals surface area (Å²) in [6.07, 6.45) is -4.68. The van der Waals surface area contributed by atoms with Crippen molar-refractivity contribution in [3.8, 4) is 0 Å². The maximum atomic E-state index is 13.3. The van der Waals surface area contributed by atoms with Gasteiger partial charge in [0.25, 0.3) is 11.8 Å². The van der Waals surface area contributed by atoms with E-state index in [0.717, 1.165) is 4.68 Å². The minimum absolute atomic E-state index is 0.0900. The number of nitrogens with zero attached hydrogens (tertiary/aromatic N) is 2. The van der Waals surface area contributed by atoms with Crippen LogP contribution in [0.5, 0.6) is 0 Å². The van der Waals surface area contributed by atoms with Gasteiger partial charge < -0.3 is 10.6 Å². The molecule has 1 aromatic carbocycles. The predicted molar refractivity (Wildman–Crippen MR) is 99.8 cm³/mol. The Morgan fingerprint density at radius 1 is 1.11 bits per heavy atom. The number of nitrogens with one attached hydrogen (secondary N) is 2. The number of aryl methyl sites for hydroxylation is 1. The van der Waals surface area contributed by atoms with Crippen LogP contribution >= 0.6 is 11.6 Å². The summed E-state index contributed by atoms with van der Waals surface area (Å²) in [6.45, 7) is 6.25. The van der Waals surface area contributed by atoms with E-state index in [9.17, 15) is 22.8 Å². The molecule has 0 spiro atoms. The summed E-state index contributed by atoms with van der Waals surface area (Å²) in [4.78, 5) is 24.7. The Labute approximate surface area is 165 Å². The molecule has 0 unspecified atom stereocenters. The number of amides is 2. The minimum Gasteiger partial charge on any atom is -0.355 e. The highest BCUT2D eigenvalue weighted by Crippen LogP contribution is 2.33. The number of benzene rings is 1. The maximum absolute atomic E-state index is 13.3. The second kappa shape index (κ2) is 7.46. The molecule has 0 saturated heterocycles. The molecule has 0 aliphatic rings. The Balaban J connectivity index is 2.50. The van der Waals surface area contributed by atoms with E-state index < -0.39 is 34.9 Å². The standard InChI is InChI=1S/C18H20ClF3N4O2/c1-9-6-10(19)7-11(15(27)23-5)14(9)24-16(28)12-8-13(18(20,21)22)26(25-12)17(2,3)4/h6-8H,1-5H3,(H,23,27)(H,24,28). The molecule has 0 saturated carbocycles. The molecule has 0 atom stereocenters. The number of hydrogen-bond acceptors (Lipinski definition) is 3. The van der Waals surface area contributed by atoms with Crippen molar-refractivity contribution >= 4 is 29.1 Å². The topological polar surface area (TPSA) is 76.0 Å². The molecule has 0 fully saturated rings. The molecule has 0 aliphatic carbocycles. The van der Waals surface area contributed by atoms with Crippen LogP contribution in [0.4, 0.5) is 18.9 Å². The number of hydrogen-bond donors (Lipinski definition) is 2. The molecule has 1 heterocycles. The van der Waals surface area contributed by atoms with Crippen molar-refractivity contribution in [2.24, 2.45) is 0 Å². The first kappa shape index (κ1) is 21.7. The highest BCUT2D eigenvalue weighted by Gasteiger charge is 2.39. The van der Waals surface area contributed by atoms with Crippen molar-refractivity contribution in [3.63, 3.8) is 0 Å². The Morgan fingerprint density at radius 2 is 1.71 bits per heavy atom. The summed E-state index contributed by atoms with van der Waals surface area (Å²) in [6, 6.07) is 3.57. The molecule has 0 bridgehead atoms. The van der Waals surface area contributed by atoms with Crippen molar-refractivity contribution in [2.75, 3.05) is 12.4 Å². The normalized spacial score (nSPS) is 12.0. The summed E-state index contributed by atoms with van der Waals surface area (Å²) in [5.74, 6) is -1.37. The van der Waals surface area contributed by atoms with Gasteiger partial charge in [0.1, 0.15) is 5.69 Å². The van der Waals surface area contributed by atoms with E-state index in [4.69, 9.17) is 11.6 Å². The van der Waals surface area contributed by atoms with Gasteiger partial charge in [0, 0.05) is 18.1 Å². The number of aromatic nitrogens is 2. The van der Waals surface area contributed by atoms with E-state index in [1.807, 2.05) is 0 Å². The largest absolute Gasteiger partial charge is 0.433 e. The predicted octanol–water partition coefficient (Wildman–Crippen LogP) is 4.23. The molecular weight excluding hydrogens is 397 g/mol. The zero-order valence-corrected chi connectivity index (χ0v) is 16.7. The number of anilines is 1. The van der Waals surface area contributed by atoms with Crippen LogP contribution < -0.4 is 10.6 Å². The van der Waals surface area contributed by atoms with Crippen LogP contribution in [0.25, 0.3) is 0 Å². The number of halogens is 4. The van der Waals surface area contributed by atoms with Gasteiger partial charge in [-0.1, -0.05) is 11.6 Å². The summed E-state index contributed by atoms with van der Waals surface area (Å²) in [5, 5.41) is 9.03. The highest BCUT2D eigenvalue weighted by atomic mass is 35.5. The van der Waals surface area contributed by atoms with Gasteiger partial charge in [0.15, 0.2) is 5.69 Å². The lowest BCUT2D eigenvalue weighted by atomic mass is 10.1. The molecule has 1 aromatic heterocycles. The molecule has 28 heavy (non-hydrogen) atoms. The van der Waals surface area contributed by atoms with Gasteiger partial charge in [-0.2, -0.15) is 18.3 Å². The van der Waals surface area contributed by atoms with Crippen LogP contribution in [-0.4, -0.2) is 28.6 Å².